The molecule has 11 heteroatoms. The predicted molar refractivity (Wildman–Crippen MR) is 615 cm³/mol. The molecule has 0 bridgehead atoms. The summed E-state index contributed by atoms with van der Waals surface area (Å²) >= 11 is 0. The molecule has 0 amide bonds. The largest absolute Gasteiger partial charge is 2.00 e. The first kappa shape index (κ1) is 135. The Kier molecular flexibility index (Phi) is 53.8. The van der Waals surface area contributed by atoms with Crippen molar-refractivity contribution in [2.24, 2.45) is 122 Å². The molecule has 8 aromatic carbocycles. The average Bonchev–Trinajstić information content (AvgIpc) is 1.55. The maximum Gasteiger partial charge on any atom is 2.00 e. The summed E-state index contributed by atoms with van der Waals surface area (Å²) in [5, 5.41) is 9.65. The van der Waals surface area contributed by atoms with Crippen LogP contribution in [-0.4, -0.2) is 9.13 Å². The molecule has 0 aliphatic heterocycles. The first-order valence-electron chi connectivity index (χ1n) is 52.4. The SMILES string of the molecule is C.C.C1CCCC1.CC1C(C)C(C)C(C)C1C.CC1CC(C)C(C)C1C.Cc1cc2c(cc1C)[n+](C)c(-c1c(C)cc(F)c(C#N)c1F)n2-c1c(C(C)C)cc(C2CCCC2)cc1C(C)C.Cc1ccccc1-c1ccc(-c2c(C)cc(C3C(C)C(C)C(C)C3C)cc2C)c[n+]1C.Cc1ccccc1-c1n(-c2c(C(C)C)cc(C3C(C)C(C)C(C)C3C)cc2C(C)C)c2ccccc2[n+]1C.[CH3-].[CH3-].[CH3-].[CH3-].[CH3-].[CH3-].[Os+2].[Os+2].[Os+2]. The maximum absolute atomic E-state index is 16.1. The van der Waals surface area contributed by atoms with Gasteiger partial charge in [0.15, 0.2) is 34.1 Å². The Hall–Kier alpha value is -6.89. The van der Waals surface area contributed by atoms with E-state index in [1.54, 1.807) is 18.6 Å². The topological polar surface area (TPSA) is 45.3 Å². The smallest absolute Gasteiger partial charge is 0.358 e. The zero-order valence-electron chi connectivity index (χ0n) is 96.3. The summed E-state index contributed by atoms with van der Waals surface area (Å²) in [6.07, 6.45) is 16.2. The molecule has 6 aliphatic carbocycles. The van der Waals surface area contributed by atoms with E-state index < -0.39 is 17.2 Å². The van der Waals surface area contributed by atoms with Crippen LogP contribution < -0.4 is 13.7 Å². The third-order valence-electron chi connectivity index (χ3n) is 36.2. The van der Waals surface area contributed by atoms with Crippen LogP contribution in [0.4, 0.5) is 8.78 Å². The second-order valence-corrected chi connectivity index (χ2v) is 45.4. The summed E-state index contributed by atoms with van der Waals surface area (Å²) < 4.78 is 42.3. The third kappa shape index (κ3) is 27.5. The number of para-hydroxylation sites is 2. The number of hydrogen-bond acceptors (Lipinski definition) is 1. The van der Waals surface area contributed by atoms with Crippen LogP contribution in [0.5, 0.6) is 0 Å². The monoisotopic (exact) mass is 2490 g/mol. The summed E-state index contributed by atoms with van der Waals surface area (Å²) in [5.41, 5.74) is 31.2. The molecule has 0 N–H and O–H groups in total. The van der Waals surface area contributed by atoms with E-state index in [0.29, 0.717) is 52.8 Å². The van der Waals surface area contributed by atoms with Crippen LogP contribution in [0.25, 0.3) is 78.6 Å². The molecule has 0 saturated heterocycles. The summed E-state index contributed by atoms with van der Waals surface area (Å²) in [6.45, 7) is 74.5. The normalized spacial score (nSPS) is 23.7. The van der Waals surface area contributed by atoms with Crippen molar-refractivity contribution in [3.05, 3.63) is 285 Å². The number of aromatic nitrogens is 5. The fourth-order valence-electron chi connectivity index (χ4n) is 25.5. The molecule has 11 aromatic rings. The third-order valence-corrected chi connectivity index (χ3v) is 36.2. The zero-order chi connectivity index (χ0) is 97.4. The quantitative estimate of drug-likeness (QED) is 0.0838. The standard InChI is InChI=1S/C36H47N2.C35H40F2N3.C30H38N.C10H20.C9H18.C5H10.2CH4.6CH3.3Os/c1-21(2)30-19-28(34-26(8)24(6)25(7)27(34)9)20-31(22(3)4)35(30)38-33-18-14-13-17-32(33)37(10)36(38)29-16-12-11-15-23(29)5;1-19(2)26-16-25(24-11-9-10-12-24)17-27(20(3)4)34(26)40-31-15-22(6)21(5)14-30(31)39(8)35(40)32-23(7)13-29(36)28(18-38)33(32)37;1-18-11-9-10-12-27(18)28-14-13-25(17-31(28)8)29-19(2)15-26(16-20(29)3)30-23(6)21(4)22(5)24(30)7;1-6-7(2)9(4)10(5)8(6)3;1-6-5-7(2)9(4)8(6)3;1-2-4-5-3-1;;;;;;;;;;;/h11-22,24-27,34H,1-10H3;13-17,19-20,24H,9-12H2,1-8H3;9-17,21-24,30H,1-8H3;6-10H,1-5H3;6-9H,5H2,1-4H3;1-5H2;2*1H4;6*1H3;;;/q3*+1;;;;;;6*-1;3*+2. The van der Waals surface area contributed by atoms with Gasteiger partial charge in [-0.3, -0.25) is 0 Å². The molecular weight excluding hydrogens is 2290 g/mol. The molecule has 6 saturated carbocycles. The minimum absolute atomic E-state index is 0. The van der Waals surface area contributed by atoms with Gasteiger partial charge in [0, 0.05) is 39.4 Å². The Morgan fingerprint density at radius 3 is 1.08 bits per heavy atom. The van der Waals surface area contributed by atoms with E-state index in [2.05, 4.69) is 387 Å². The van der Waals surface area contributed by atoms with Crippen molar-refractivity contribution in [3.8, 4) is 62.6 Å². The van der Waals surface area contributed by atoms with E-state index >= 15 is 4.39 Å². The van der Waals surface area contributed by atoms with Gasteiger partial charge in [0.25, 0.3) is 11.6 Å². The Morgan fingerprint density at radius 1 is 0.347 bits per heavy atom. The summed E-state index contributed by atoms with van der Waals surface area (Å²) in [7, 11) is 6.33. The van der Waals surface area contributed by atoms with Gasteiger partial charge in [0.2, 0.25) is 5.69 Å². The number of benzene rings is 8. The molecule has 3 aromatic heterocycles. The van der Waals surface area contributed by atoms with Gasteiger partial charge in [-0.2, -0.15) is 14.4 Å². The second kappa shape index (κ2) is 57.4. The number of aryl methyl sites for hydroxylation is 10. The summed E-state index contributed by atoms with van der Waals surface area (Å²) in [4.78, 5) is 0. The number of nitrogens with zero attached hydrogens (tertiary/aromatic N) is 6. The van der Waals surface area contributed by atoms with Crippen molar-refractivity contribution < 1.29 is 81.9 Å². The zero-order valence-corrected chi connectivity index (χ0v) is 104. The number of hydrogen-bond donors (Lipinski definition) is 0. The summed E-state index contributed by atoms with van der Waals surface area (Å²) in [5.74, 6) is 17.8. The van der Waals surface area contributed by atoms with Gasteiger partial charge in [-0.05, 0) is 319 Å². The van der Waals surface area contributed by atoms with E-state index in [4.69, 9.17) is 0 Å². The molecule has 17 rings (SSSR count). The van der Waals surface area contributed by atoms with Crippen molar-refractivity contribution in [2.75, 3.05) is 0 Å². The average molecular weight is 2490 g/mol. The molecule has 796 valence electrons. The molecule has 6 fully saturated rings. The minimum atomic E-state index is -0.829. The maximum atomic E-state index is 16.1. The molecule has 0 spiro atoms. The molecule has 3 heterocycles. The van der Waals surface area contributed by atoms with E-state index in [9.17, 15) is 9.65 Å². The minimum Gasteiger partial charge on any atom is -0.358 e. The predicted octanol–water partition coefficient (Wildman–Crippen LogP) is 37.9. The van der Waals surface area contributed by atoms with Crippen molar-refractivity contribution in [1.29, 1.82) is 5.26 Å². The first-order chi connectivity index (χ1) is 62.9. The molecule has 12 unspecified atom stereocenters. The number of fused-ring (bicyclic) bond motifs is 2. The Balaban J connectivity index is 0.000000934. The van der Waals surface area contributed by atoms with Crippen molar-refractivity contribution in [2.45, 2.75) is 342 Å². The van der Waals surface area contributed by atoms with Gasteiger partial charge in [-0.1, -0.05) is 318 Å². The molecule has 144 heavy (non-hydrogen) atoms. The number of nitriles is 1. The molecule has 6 nitrogen and oxygen atoms in total. The van der Waals surface area contributed by atoms with Crippen molar-refractivity contribution >= 4 is 22.1 Å². The summed E-state index contributed by atoms with van der Waals surface area (Å²) in [6, 6.07) is 53.2. The van der Waals surface area contributed by atoms with E-state index in [-0.39, 0.29) is 136 Å². The second-order valence-electron chi connectivity index (χ2n) is 45.4. The Bertz CT molecular complexity index is 5790. The molecule has 6 aliphatic rings. The fraction of sp³-hybridized carbons (Fsp3) is 0.534. The van der Waals surface area contributed by atoms with Gasteiger partial charge in [-0.25, -0.2) is 22.5 Å². The van der Waals surface area contributed by atoms with Crippen LogP contribution in [0.3, 0.4) is 0 Å². The number of pyridine rings is 1. The van der Waals surface area contributed by atoms with Gasteiger partial charge in [-0.15, -0.1) is 0 Å². The van der Waals surface area contributed by atoms with Gasteiger partial charge in [0.1, 0.15) is 41.4 Å². The van der Waals surface area contributed by atoms with Gasteiger partial charge >= 0.3 is 59.4 Å². The van der Waals surface area contributed by atoms with Crippen molar-refractivity contribution in [1.82, 2.24) is 9.13 Å². The van der Waals surface area contributed by atoms with E-state index in [0.717, 1.165) is 117 Å². The van der Waals surface area contributed by atoms with Crippen LogP contribution in [0, 0.1) is 217 Å². The molecule has 12 atom stereocenters. The Labute approximate surface area is 922 Å². The molecule has 0 radical (unpaired) electrons. The van der Waals surface area contributed by atoms with Crippen molar-refractivity contribution in [3.63, 3.8) is 0 Å². The number of rotatable bonds is 13. The van der Waals surface area contributed by atoms with E-state index in [1.807, 2.05) is 11.6 Å². The Morgan fingerprint density at radius 2 is 0.694 bits per heavy atom. The van der Waals surface area contributed by atoms with Gasteiger partial charge in [0.05, 0.1) is 19.7 Å². The molecular formula is C133H199F2N6Os3+3. The fourth-order valence-corrected chi connectivity index (χ4v) is 25.5. The van der Waals surface area contributed by atoms with E-state index in [1.165, 1.54) is 176 Å². The van der Waals surface area contributed by atoms with Crippen LogP contribution >= 0.6 is 0 Å². The number of imidazole rings is 2. The van der Waals surface area contributed by atoms with Crippen LogP contribution in [0.1, 0.15) is 377 Å². The number of halogens is 2. The van der Waals surface area contributed by atoms with Crippen LogP contribution in [0.15, 0.2) is 146 Å². The van der Waals surface area contributed by atoms with Crippen LogP contribution in [0.2, 0.25) is 0 Å². The first-order valence-corrected chi connectivity index (χ1v) is 52.4. The van der Waals surface area contributed by atoms with Crippen LogP contribution in [-0.2, 0) is 80.5 Å². The van der Waals surface area contributed by atoms with Gasteiger partial charge < -0.3 is 44.6 Å².